The SMILES string of the molecule is COc1cc(/C=N/Nc2ccccc2)ccc1OCc1ccc(Cl)cc1. The van der Waals surface area contributed by atoms with E-state index in [1.165, 1.54) is 0 Å². The minimum Gasteiger partial charge on any atom is -0.493 e. The molecule has 0 spiro atoms. The molecule has 0 aromatic heterocycles. The molecule has 0 radical (unpaired) electrons. The highest BCUT2D eigenvalue weighted by molar-refractivity contribution is 6.30. The van der Waals surface area contributed by atoms with Crippen molar-refractivity contribution >= 4 is 23.5 Å². The Morgan fingerprint density at radius 1 is 0.962 bits per heavy atom. The van der Waals surface area contributed by atoms with E-state index in [1.807, 2.05) is 72.8 Å². The fraction of sp³-hybridized carbons (Fsp3) is 0.0952. The largest absolute Gasteiger partial charge is 0.493 e. The molecule has 3 aromatic carbocycles. The number of nitrogens with one attached hydrogen (secondary N) is 1. The summed E-state index contributed by atoms with van der Waals surface area (Å²) in [5.74, 6) is 1.33. The van der Waals surface area contributed by atoms with Crippen LogP contribution in [0.4, 0.5) is 5.69 Å². The zero-order valence-corrected chi connectivity index (χ0v) is 15.1. The molecule has 0 atom stereocenters. The van der Waals surface area contributed by atoms with Crippen molar-refractivity contribution in [3.8, 4) is 11.5 Å². The molecule has 0 saturated carbocycles. The summed E-state index contributed by atoms with van der Waals surface area (Å²) < 4.78 is 11.3. The Bertz CT molecular complexity index is 865. The quantitative estimate of drug-likeness (QED) is 0.451. The average molecular weight is 367 g/mol. The van der Waals surface area contributed by atoms with Crippen LogP contribution in [0.5, 0.6) is 11.5 Å². The fourth-order valence-electron chi connectivity index (χ4n) is 2.32. The van der Waals surface area contributed by atoms with Crippen LogP contribution in [0.1, 0.15) is 11.1 Å². The molecular formula is C21H19ClN2O2. The Labute approximate surface area is 158 Å². The summed E-state index contributed by atoms with van der Waals surface area (Å²) in [6.07, 6.45) is 1.73. The number of hydrogen-bond acceptors (Lipinski definition) is 4. The second kappa shape index (κ2) is 8.92. The minimum absolute atomic E-state index is 0.441. The molecule has 5 heteroatoms. The number of rotatable bonds is 7. The number of hydrogen-bond donors (Lipinski definition) is 1. The summed E-state index contributed by atoms with van der Waals surface area (Å²) in [7, 11) is 1.62. The van der Waals surface area contributed by atoms with E-state index in [0.29, 0.717) is 23.1 Å². The van der Waals surface area contributed by atoms with Gasteiger partial charge in [-0.2, -0.15) is 5.10 Å². The van der Waals surface area contributed by atoms with E-state index in [2.05, 4.69) is 10.5 Å². The minimum atomic E-state index is 0.441. The van der Waals surface area contributed by atoms with E-state index in [1.54, 1.807) is 13.3 Å². The third kappa shape index (κ3) is 5.01. The molecule has 4 nitrogen and oxygen atoms in total. The highest BCUT2D eigenvalue weighted by atomic mass is 35.5. The predicted octanol–water partition coefficient (Wildman–Crippen LogP) is 5.37. The smallest absolute Gasteiger partial charge is 0.161 e. The van der Waals surface area contributed by atoms with E-state index in [9.17, 15) is 0 Å². The topological polar surface area (TPSA) is 42.8 Å². The maximum absolute atomic E-state index is 5.90. The summed E-state index contributed by atoms with van der Waals surface area (Å²) >= 11 is 5.90. The van der Waals surface area contributed by atoms with Crippen molar-refractivity contribution in [2.45, 2.75) is 6.61 Å². The van der Waals surface area contributed by atoms with Crippen LogP contribution in [-0.4, -0.2) is 13.3 Å². The predicted molar refractivity (Wildman–Crippen MR) is 106 cm³/mol. The van der Waals surface area contributed by atoms with Crippen LogP contribution >= 0.6 is 11.6 Å². The molecule has 0 aliphatic carbocycles. The van der Waals surface area contributed by atoms with Crippen molar-refractivity contribution in [3.05, 3.63) is 88.9 Å². The molecule has 3 aromatic rings. The highest BCUT2D eigenvalue weighted by Crippen LogP contribution is 2.28. The number of hydrazone groups is 1. The molecule has 0 aliphatic heterocycles. The van der Waals surface area contributed by atoms with Gasteiger partial charge in [0.2, 0.25) is 0 Å². The van der Waals surface area contributed by atoms with Gasteiger partial charge in [-0.05, 0) is 53.6 Å². The van der Waals surface area contributed by atoms with Crippen LogP contribution in [0, 0.1) is 0 Å². The Hall–Kier alpha value is -2.98. The summed E-state index contributed by atoms with van der Waals surface area (Å²) in [4.78, 5) is 0. The number of methoxy groups -OCH3 is 1. The van der Waals surface area contributed by atoms with Gasteiger partial charge in [-0.1, -0.05) is 41.9 Å². The molecule has 3 rings (SSSR count). The monoisotopic (exact) mass is 366 g/mol. The summed E-state index contributed by atoms with van der Waals surface area (Å²) in [5.41, 5.74) is 5.86. The number of benzene rings is 3. The zero-order valence-electron chi connectivity index (χ0n) is 14.4. The van der Waals surface area contributed by atoms with Gasteiger partial charge in [-0.3, -0.25) is 5.43 Å². The van der Waals surface area contributed by atoms with Crippen LogP contribution < -0.4 is 14.9 Å². The normalized spacial score (nSPS) is 10.7. The molecule has 0 aliphatic rings. The standard InChI is InChI=1S/C21H19ClN2O2/c1-25-21-13-17(14-23-24-19-5-3-2-4-6-19)9-12-20(21)26-15-16-7-10-18(22)11-8-16/h2-14,24H,15H2,1H3/b23-14+. The number of para-hydroxylation sites is 1. The fourth-order valence-corrected chi connectivity index (χ4v) is 2.45. The zero-order chi connectivity index (χ0) is 18.2. The average Bonchev–Trinajstić information content (AvgIpc) is 2.69. The second-order valence-electron chi connectivity index (χ2n) is 5.56. The van der Waals surface area contributed by atoms with E-state index >= 15 is 0 Å². The second-order valence-corrected chi connectivity index (χ2v) is 6.00. The molecule has 0 bridgehead atoms. The third-order valence-corrected chi connectivity index (χ3v) is 3.93. The van der Waals surface area contributed by atoms with Crippen LogP contribution in [0.15, 0.2) is 77.9 Å². The summed E-state index contributed by atoms with van der Waals surface area (Å²) in [6.45, 7) is 0.441. The van der Waals surface area contributed by atoms with Crippen LogP contribution in [0.2, 0.25) is 5.02 Å². The van der Waals surface area contributed by atoms with Gasteiger partial charge < -0.3 is 9.47 Å². The first kappa shape index (κ1) is 17.8. The lowest BCUT2D eigenvalue weighted by Gasteiger charge is -2.11. The van der Waals surface area contributed by atoms with Gasteiger partial charge in [0.25, 0.3) is 0 Å². The lowest BCUT2D eigenvalue weighted by Crippen LogP contribution is -1.98. The Morgan fingerprint density at radius 2 is 1.73 bits per heavy atom. The van der Waals surface area contributed by atoms with Gasteiger partial charge in [0.15, 0.2) is 11.5 Å². The van der Waals surface area contributed by atoms with Crippen molar-refractivity contribution in [1.82, 2.24) is 0 Å². The first-order valence-electron chi connectivity index (χ1n) is 8.14. The van der Waals surface area contributed by atoms with E-state index < -0.39 is 0 Å². The van der Waals surface area contributed by atoms with E-state index in [4.69, 9.17) is 21.1 Å². The van der Waals surface area contributed by atoms with Gasteiger partial charge >= 0.3 is 0 Å². The van der Waals surface area contributed by atoms with Gasteiger partial charge in [-0.25, -0.2) is 0 Å². The number of nitrogens with zero attached hydrogens (tertiary/aromatic N) is 1. The van der Waals surface area contributed by atoms with Crippen LogP contribution in [0.3, 0.4) is 0 Å². The first-order chi connectivity index (χ1) is 12.7. The molecule has 0 amide bonds. The van der Waals surface area contributed by atoms with Gasteiger partial charge in [0.1, 0.15) is 6.61 Å². The van der Waals surface area contributed by atoms with E-state index in [-0.39, 0.29) is 0 Å². The first-order valence-corrected chi connectivity index (χ1v) is 8.52. The molecule has 1 N–H and O–H groups in total. The number of ether oxygens (including phenoxy) is 2. The maximum atomic E-state index is 5.90. The third-order valence-electron chi connectivity index (χ3n) is 3.68. The van der Waals surface area contributed by atoms with Gasteiger partial charge in [0, 0.05) is 5.02 Å². The van der Waals surface area contributed by atoms with Crippen molar-refractivity contribution in [2.75, 3.05) is 12.5 Å². The molecule has 0 heterocycles. The number of halogens is 1. The Balaban J connectivity index is 1.64. The summed E-state index contributed by atoms with van der Waals surface area (Å²) in [6, 6.07) is 23.0. The van der Waals surface area contributed by atoms with Crippen molar-refractivity contribution in [3.63, 3.8) is 0 Å². The van der Waals surface area contributed by atoms with Crippen LogP contribution in [-0.2, 0) is 6.61 Å². The van der Waals surface area contributed by atoms with Crippen LogP contribution in [0.25, 0.3) is 0 Å². The van der Waals surface area contributed by atoms with Crippen molar-refractivity contribution < 1.29 is 9.47 Å². The maximum Gasteiger partial charge on any atom is 0.161 e. The van der Waals surface area contributed by atoms with Crippen molar-refractivity contribution in [1.29, 1.82) is 0 Å². The Kier molecular flexibility index (Phi) is 6.12. The van der Waals surface area contributed by atoms with E-state index in [0.717, 1.165) is 16.8 Å². The summed E-state index contributed by atoms with van der Waals surface area (Å²) in [5, 5.41) is 4.94. The molecule has 132 valence electrons. The van der Waals surface area contributed by atoms with Gasteiger partial charge in [-0.15, -0.1) is 0 Å². The lowest BCUT2D eigenvalue weighted by molar-refractivity contribution is 0.284. The molecular weight excluding hydrogens is 348 g/mol. The molecule has 0 unspecified atom stereocenters. The van der Waals surface area contributed by atoms with Gasteiger partial charge in [0.05, 0.1) is 19.0 Å². The van der Waals surface area contributed by atoms with Crippen molar-refractivity contribution in [2.24, 2.45) is 5.10 Å². The Morgan fingerprint density at radius 3 is 2.46 bits per heavy atom. The molecule has 0 fully saturated rings. The number of anilines is 1. The lowest BCUT2D eigenvalue weighted by atomic mass is 10.2. The molecule has 0 saturated heterocycles. The molecule has 26 heavy (non-hydrogen) atoms. The highest BCUT2D eigenvalue weighted by Gasteiger charge is 2.05.